The minimum Gasteiger partial charge on any atom is -0.505 e. The molecule has 5 aromatic rings. The van der Waals surface area contributed by atoms with Crippen molar-refractivity contribution in [3.8, 4) is 11.5 Å². The number of hydrogen-bond donors (Lipinski definition) is 1. The predicted molar refractivity (Wildman–Crippen MR) is 158 cm³/mol. The Balaban J connectivity index is 1.62. The number of aliphatic hydroxyl groups is 1. The van der Waals surface area contributed by atoms with E-state index in [0.717, 1.165) is 26.9 Å². The van der Waals surface area contributed by atoms with Crippen LogP contribution in [-0.4, -0.2) is 45.4 Å². The van der Waals surface area contributed by atoms with Crippen LogP contribution < -0.4 is 14.4 Å². The van der Waals surface area contributed by atoms with Crippen molar-refractivity contribution in [2.75, 3.05) is 19.1 Å². The number of pyridine rings is 1. The molecule has 0 bridgehead atoms. The van der Waals surface area contributed by atoms with Crippen LogP contribution in [0, 0.1) is 27.7 Å². The van der Waals surface area contributed by atoms with Crippen molar-refractivity contribution in [2.45, 2.75) is 33.7 Å². The van der Waals surface area contributed by atoms with Gasteiger partial charge in [0.1, 0.15) is 11.3 Å². The Morgan fingerprint density at radius 3 is 2.41 bits per heavy atom. The first kappa shape index (κ1) is 26.5. The summed E-state index contributed by atoms with van der Waals surface area (Å²) in [5.74, 6) is -1.03. The molecule has 1 aliphatic heterocycles. The van der Waals surface area contributed by atoms with E-state index in [1.165, 1.54) is 30.5 Å². The number of rotatable bonds is 5. The number of carbonyl (C=O) groups is 2. The summed E-state index contributed by atoms with van der Waals surface area (Å²) in [6, 6.07) is 12.0. The van der Waals surface area contributed by atoms with E-state index in [9.17, 15) is 14.7 Å². The molecule has 0 saturated carbocycles. The third-order valence-electron chi connectivity index (χ3n) is 7.50. The Hall–Kier alpha value is -4.70. The van der Waals surface area contributed by atoms with Gasteiger partial charge in [-0.1, -0.05) is 29.5 Å². The van der Waals surface area contributed by atoms with Crippen LogP contribution in [0.5, 0.6) is 11.5 Å². The second-order valence-electron chi connectivity index (χ2n) is 10.1. The number of nitrogens with zero attached hydrogens (tertiary/aromatic N) is 4. The maximum atomic E-state index is 13.8. The number of ketones is 1. The van der Waals surface area contributed by atoms with E-state index < -0.39 is 17.7 Å². The average Bonchev–Trinajstić information content (AvgIpc) is 3.61. The number of amides is 1. The van der Waals surface area contributed by atoms with Crippen LogP contribution in [0.1, 0.15) is 39.7 Å². The van der Waals surface area contributed by atoms with Crippen molar-refractivity contribution in [1.82, 2.24) is 14.4 Å². The summed E-state index contributed by atoms with van der Waals surface area (Å²) in [7, 11) is 3.04. The number of methoxy groups -OCH3 is 2. The maximum absolute atomic E-state index is 13.8. The van der Waals surface area contributed by atoms with Gasteiger partial charge in [0.05, 0.1) is 41.7 Å². The van der Waals surface area contributed by atoms with Crippen LogP contribution in [0.15, 0.2) is 54.2 Å². The summed E-state index contributed by atoms with van der Waals surface area (Å²) in [6.45, 7) is 7.70. The van der Waals surface area contributed by atoms with E-state index in [1.807, 2.05) is 62.6 Å². The normalized spacial score (nSPS) is 16.7. The van der Waals surface area contributed by atoms with Gasteiger partial charge in [-0.2, -0.15) is 0 Å². The maximum Gasteiger partial charge on any atom is 0.301 e. The quantitative estimate of drug-likeness (QED) is 0.162. The Morgan fingerprint density at radius 1 is 0.951 bits per heavy atom. The smallest absolute Gasteiger partial charge is 0.301 e. The first-order valence-corrected chi connectivity index (χ1v) is 13.8. The zero-order chi connectivity index (χ0) is 29.2. The monoisotopic (exact) mass is 568 g/mol. The Labute approximate surface area is 240 Å². The van der Waals surface area contributed by atoms with Crippen LogP contribution in [0.2, 0.25) is 0 Å². The van der Waals surface area contributed by atoms with Crippen molar-refractivity contribution in [2.24, 2.45) is 0 Å². The lowest BCUT2D eigenvalue weighted by atomic mass is 9.96. The van der Waals surface area contributed by atoms with Gasteiger partial charge in [0, 0.05) is 6.20 Å². The summed E-state index contributed by atoms with van der Waals surface area (Å²) < 4.78 is 13.7. The van der Waals surface area contributed by atoms with Crippen LogP contribution in [-0.2, 0) is 9.59 Å². The zero-order valence-electron chi connectivity index (χ0n) is 23.5. The lowest BCUT2D eigenvalue weighted by molar-refractivity contribution is -0.132. The van der Waals surface area contributed by atoms with Crippen LogP contribution >= 0.6 is 11.3 Å². The third-order valence-corrected chi connectivity index (χ3v) is 8.50. The molecule has 1 aliphatic rings. The summed E-state index contributed by atoms with van der Waals surface area (Å²) >= 11 is 1.33. The van der Waals surface area contributed by atoms with Crippen LogP contribution in [0.4, 0.5) is 5.13 Å². The number of thiazole rings is 1. The number of anilines is 1. The van der Waals surface area contributed by atoms with Gasteiger partial charge in [0.15, 0.2) is 22.4 Å². The Kier molecular flexibility index (Phi) is 6.30. The molecular formula is C31H28N4O5S. The van der Waals surface area contributed by atoms with Crippen LogP contribution in [0.3, 0.4) is 0 Å². The molecule has 208 valence electrons. The highest BCUT2D eigenvalue weighted by Gasteiger charge is 2.49. The van der Waals surface area contributed by atoms with Crippen molar-refractivity contribution in [1.29, 1.82) is 0 Å². The molecule has 0 aliphatic carbocycles. The molecule has 9 nitrogen and oxygen atoms in total. The topological polar surface area (TPSA) is 106 Å². The number of aryl methyl sites for hydroxylation is 4. The molecule has 6 rings (SSSR count). The number of ether oxygens (including phenoxy) is 2. The molecule has 1 amide bonds. The van der Waals surface area contributed by atoms with E-state index in [1.54, 1.807) is 18.2 Å². The number of aromatic nitrogens is 3. The summed E-state index contributed by atoms with van der Waals surface area (Å²) in [5, 5.41) is 12.1. The molecular weight excluding hydrogens is 540 g/mol. The van der Waals surface area contributed by atoms with Crippen LogP contribution in [0.25, 0.3) is 21.6 Å². The van der Waals surface area contributed by atoms with E-state index in [-0.39, 0.29) is 17.0 Å². The van der Waals surface area contributed by atoms with Gasteiger partial charge in [-0.05, 0) is 74.2 Å². The molecule has 2 aromatic carbocycles. The van der Waals surface area contributed by atoms with Crippen molar-refractivity contribution >= 4 is 49.8 Å². The Bertz CT molecular complexity index is 1940. The first-order valence-electron chi connectivity index (χ1n) is 13.0. The second-order valence-corrected chi connectivity index (χ2v) is 11.1. The van der Waals surface area contributed by atoms with Crippen molar-refractivity contribution < 1.29 is 24.2 Å². The number of hydrogen-bond acceptors (Lipinski definition) is 8. The molecule has 4 heterocycles. The van der Waals surface area contributed by atoms with E-state index >= 15 is 0 Å². The fraction of sp³-hybridized carbons (Fsp3) is 0.226. The van der Waals surface area contributed by atoms with E-state index in [2.05, 4.69) is 4.98 Å². The largest absolute Gasteiger partial charge is 0.505 e. The highest BCUT2D eigenvalue weighted by atomic mass is 32.1. The average molecular weight is 569 g/mol. The minimum atomic E-state index is -0.984. The summed E-state index contributed by atoms with van der Waals surface area (Å²) in [4.78, 5) is 38.4. The van der Waals surface area contributed by atoms with Gasteiger partial charge in [-0.15, -0.1) is 0 Å². The minimum absolute atomic E-state index is 0.0708. The molecule has 10 heteroatoms. The molecule has 1 atom stereocenters. The fourth-order valence-corrected chi connectivity index (χ4v) is 6.67. The molecule has 41 heavy (non-hydrogen) atoms. The first-order chi connectivity index (χ1) is 19.6. The van der Waals surface area contributed by atoms with Gasteiger partial charge in [-0.25, -0.2) is 9.97 Å². The molecule has 1 unspecified atom stereocenters. The molecule has 0 radical (unpaired) electrons. The third kappa shape index (κ3) is 4.05. The summed E-state index contributed by atoms with van der Waals surface area (Å²) in [5.41, 5.74) is 5.72. The van der Waals surface area contributed by atoms with Gasteiger partial charge < -0.3 is 19.0 Å². The lowest BCUT2D eigenvalue weighted by Crippen LogP contribution is -2.29. The number of aliphatic hydroxyl groups excluding tert-OH is 1. The van der Waals surface area contributed by atoms with Crippen molar-refractivity contribution in [3.63, 3.8) is 0 Å². The number of carbonyl (C=O) groups excluding carboxylic acids is 2. The number of fused-ring (bicyclic) bond motifs is 2. The molecule has 0 spiro atoms. The molecule has 3 aromatic heterocycles. The SMILES string of the molecule is COc1ccc(C2C(=C(O)c3nc4c(C)cccn4c3C)C(=O)C(=O)N2c2nc3c(C)cc(C)cc3s2)cc1OC. The standard InChI is InChI=1S/C31H28N4O5S/c1-15-12-17(3)24-22(13-15)41-31(33-24)35-26(19-9-10-20(39-5)21(14-19)40-6)23(28(37)30(35)38)27(36)25-18(4)34-11-7-8-16(2)29(34)32-25/h7-14,26,36H,1-6H3. The van der Waals surface area contributed by atoms with Gasteiger partial charge in [-0.3, -0.25) is 14.5 Å². The van der Waals surface area contributed by atoms with E-state index in [4.69, 9.17) is 14.5 Å². The lowest BCUT2D eigenvalue weighted by Gasteiger charge is -2.23. The highest BCUT2D eigenvalue weighted by Crippen LogP contribution is 2.46. The Morgan fingerprint density at radius 2 is 1.71 bits per heavy atom. The van der Waals surface area contributed by atoms with Crippen molar-refractivity contribution in [3.05, 3.63) is 87.9 Å². The molecule has 1 saturated heterocycles. The van der Waals surface area contributed by atoms with Gasteiger partial charge in [0.25, 0.3) is 5.78 Å². The summed E-state index contributed by atoms with van der Waals surface area (Å²) in [6.07, 6.45) is 1.84. The number of Topliss-reactive ketones (excluding diaryl/α,β-unsaturated/α-hetero) is 1. The number of imidazole rings is 1. The fourth-order valence-electron chi connectivity index (χ4n) is 5.50. The highest BCUT2D eigenvalue weighted by molar-refractivity contribution is 7.22. The van der Waals surface area contributed by atoms with E-state index in [0.29, 0.717) is 33.5 Å². The van der Waals surface area contributed by atoms with Gasteiger partial charge in [0.2, 0.25) is 0 Å². The molecule has 1 fully saturated rings. The molecule has 1 N–H and O–H groups in total. The second kappa shape index (κ2) is 9.74. The number of benzene rings is 2. The predicted octanol–water partition coefficient (Wildman–Crippen LogP) is 5.82. The zero-order valence-corrected chi connectivity index (χ0v) is 24.3. The van der Waals surface area contributed by atoms with Gasteiger partial charge >= 0.3 is 5.91 Å².